The first kappa shape index (κ1) is 16.5. The molecule has 1 unspecified atom stereocenters. The van der Waals surface area contributed by atoms with Crippen molar-refractivity contribution >= 4 is 23.1 Å². The number of carbonyl (C=O) groups is 1. The van der Waals surface area contributed by atoms with Gasteiger partial charge in [-0.3, -0.25) is 4.79 Å². The Balaban J connectivity index is 1.54. The summed E-state index contributed by atoms with van der Waals surface area (Å²) in [7, 11) is 0. The van der Waals surface area contributed by atoms with E-state index in [1.807, 2.05) is 21.7 Å². The van der Waals surface area contributed by atoms with Crippen LogP contribution in [0.25, 0.3) is 0 Å². The van der Waals surface area contributed by atoms with Crippen molar-refractivity contribution in [3.63, 3.8) is 0 Å². The van der Waals surface area contributed by atoms with Crippen molar-refractivity contribution in [2.24, 2.45) is 5.92 Å². The zero-order chi connectivity index (χ0) is 17.2. The van der Waals surface area contributed by atoms with Crippen molar-refractivity contribution in [2.75, 3.05) is 37.7 Å². The summed E-state index contributed by atoms with van der Waals surface area (Å²) in [6, 6.07) is 1.88. The van der Waals surface area contributed by atoms with E-state index in [1.165, 1.54) is 5.56 Å². The lowest BCUT2D eigenvalue weighted by Gasteiger charge is -2.21. The predicted molar refractivity (Wildman–Crippen MR) is 97.1 cm³/mol. The van der Waals surface area contributed by atoms with Crippen molar-refractivity contribution in [1.29, 1.82) is 0 Å². The molecule has 0 aliphatic carbocycles. The Labute approximate surface area is 151 Å². The van der Waals surface area contributed by atoms with Gasteiger partial charge in [0.25, 0.3) is 5.91 Å². The number of anilines is 1. The second kappa shape index (κ2) is 7.09. The van der Waals surface area contributed by atoms with Crippen LogP contribution in [0.2, 0.25) is 0 Å². The summed E-state index contributed by atoms with van der Waals surface area (Å²) >= 11 is 1.55. The van der Waals surface area contributed by atoms with Crippen LogP contribution in [-0.2, 0) is 12.8 Å². The summed E-state index contributed by atoms with van der Waals surface area (Å²) in [6.45, 7) is 3.38. The molecule has 0 radical (unpaired) electrons. The normalized spacial score (nSPS) is 20.4. The van der Waals surface area contributed by atoms with E-state index in [0.717, 1.165) is 49.4 Å². The molecule has 6 nitrogen and oxygen atoms in total. The molecule has 1 saturated heterocycles. The molecule has 2 aliphatic heterocycles. The minimum absolute atomic E-state index is 0.102. The monoisotopic (exact) mass is 358 g/mol. The highest BCUT2D eigenvalue weighted by atomic mass is 32.1. The number of carbonyl (C=O) groups excluding carboxylic acids is 1. The minimum atomic E-state index is 0.102. The Morgan fingerprint density at radius 1 is 1.28 bits per heavy atom. The van der Waals surface area contributed by atoms with Crippen LogP contribution in [-0.4, -0.2) is 58.7 Å². The number of hydrogen-bond donors (Lipinski definition) is 1. The van der Waals surface area contributed by atoms with Crippen LogP contribution in [0.1, 0.15) is 28.0 Å². The van der Waals surface area contributed by atoms with E-state index in [9.17, 15) is 9.90 Å². The van der Waals surface area contributed by atoms with E-state index < -0.39 is 0 Å². The fourth-order valence-electron chi connectivity index (χ4n) is 3.73. The molecule has 2 aliphatic rings. The lowest BCUT2D eigenvalue weighted by molar-refractivity contribution is 0.0763. The Kier molecular flexibility index (Phi) is 4.67. The molecule has 1 fully saturated rings. The number of nitrogens with zero attached hydrogens (tertiary/aromatic N) is 4. The highest BCUT2D eigenvalue weighted by molar-refractivity contribution is 7.08. The van der Waals surface area contributed by atoms with Crippen molar-refractivity contribution < 1.29 is 9.90 Å². The van der Waals surface area contributed by atoms with Crippen molar-refractivity contribution in [3.8, 4) is 0 Å². The fourth-order valence-corrected chi connectivity index (χ4v) is 4.36. The van der Waals surface area contributed by atoms with Crippen LogP contribution in [0.3, 0.4) is 0 Å². The molecule has 2 aromatic heterocycles. The lowest BCUT2D eigenvalue weighted by atomic mass is 10.1. The molecule has 0 bridgehead atoms. The molecule has 0 aromatic carbocycles. The summed E-state index contributed by atoms with van der Waals surface area (Å²) in [5.41, 5.74) is 2.99. The Morgan fingerprint density at radius 3 is 2.92 bits per heavy atom. The molecule has 132 valence electrons. The summed E-state index contributed by atoms with van der Waals surface area (Å²) in [6.07, 6.45) is 4.18. The molecule has 1 atom stereocenters. The molecule has 1 amide bonds. The summed E-state index contributed by atoms with van der Waals surface area (Å²) < 4.78 is 0. The standard InChI is InChI=1S/C18H22N4O2S/c23-10-13-1-5-22(9-13)17-15-2-6-21(7-3-16(15)19-12-20-17)18(24)14-4-8-25-11-14/h4,8,11-13,23H,1-3,5-7,9-10H2. The molecule has 4 heterocycles. The number of rotatable bonds is 3. The van der Waals surface area contributed by atoms with Crippen LogP contribution >= 0.6 is 11.3 Å². The number of aliphatic hydroxyl groups excluding tert-OH is 1. The van der Waals surface area contributed by atoms with Gasteiger partial charge in [0.15, 0.2) is 0 Å². The van der Waals surface area contributed by atoms with Crippen LogP contribution in [0.4, 0.5) is 5.82 Å². The topological polar surface area (TPSA) is 69.6 Å². The smallest absolute Gasteiger partial charge is 0.254 e. The molecule has 7 heteroatoms. The van der Waals surface area contributed by atoms with Crippen molar-refractivity contribution in [3.05, 3.63) is 40.0 Å². The fraction of sp³-hybridized carbons (Fsp3) is 0.500. The average Bonchev–Trinajstić information content (AvgIpc) is 3.29. The van der Waals surface area contributed by atoms with Crippen LogP contribution < -0.4 is 4.90 Å². The number of fused-ring (bicyclic) bond motifs is 1. The van der Waals surface area contributed by atoms with E-state index >= 15 is 0 Å². The molecule has 0 spiro atoms. The highest BCUT2D eigenvalue weighted by Gasteiger charge is 2.28. The van der Waals surface area contributed by atoms with Gasteiger partial charge in [-0.15, -0.1) is 0 Å². The average molecular weight is 358 g/mol. The van der Waals surface area contributed by atoms with Crippen molar-refractivity contribution in [1.82, 2.24) is 14.9 Å². The SMILES string of the molecule is O=C(c1ccsc1)N1CCc2ncnc(N3CCC(CO)C3)c2CC1. The Morgan fingerprint density at radius 2 is 2.16 bits per heavy atom. The van der Waals surface area contributed by atoms with E-state index in [2.05, 4.69) is 14.9 Å². The molecular weight excluding hydrogens is 336 g/mol. The van der Waals surface area contributed by atoms with Gasteiger partial charge in [0, 0.05) is 56.1 Å². The van der Waals surface area contributed by atoms with E-state index in [-0.39, 0.29) is 12.5 Å². The molecule has 4 rings (SSSR count). The number of thiophene rings is 1. The first-order chi connectivity index (χ1) is 12.3. The molecule has 25 heavy (non-hydrogen) atoms. The van der Waals surface area contributed by atoms with Gasteiger partial charge >= 0.3 is 0 Å². The Hall–Kier alpha value is -1.99. The third kappa shape index (κ3) is 3.26. The molecule has 0 saturated carbocycles. The van der Waals surface area contributed by atoms with E-state index in [0.29, 0.717) is 19.0 Å². The third-order valence-corrected chi connectivity index (χ3v) is 5.84. The first-order valence-electron chi connectivity index (χ1n) is 8.76. The second-order valence-electron chi connectivity index (χ2n) is 6.71. The largest absolute Gasteiger partial charge is 0.396 e. The zero-order valence-corrected chi connectivity index (χ0v) is 14.9. The van der Waals surface area contributed by atoms with Crippen LogP contribution in [0.5, 0.6) is 0 Å². The van der Waals surface area contributed by atoms with E-state index in [1.54, 1.807) is 17.7 Å². The van der Waals surface area contributed by atoms with E-state index in [4.69, 9.17) is 0 Å². The lowest BCUT2D eigenvalue weighted by Crippen LogP contribution is -2.33. The highest BCUT2D eigenvalue weighted by Crippen LogP contribution is 2.28. The van der Waals surface area contributed by atoms with Gasteiger partial charge in [-0.1, -0.05) is 0 Å². The number of amides is 1. The van der Waals surface area contributed by atoms with Gasteiger partial charge in [0.05, 0.1) is 11.3 Å². The Bertz CT molecular complexity index is 750. The van der Waals surface area contributed by atoms with Crippen molar-refractivity contribution in [2.45, 2.75) is 19.3 Å². The maximum Gasteiger partial charge on any atom is 0.254 e. The maximum absolute atomic E-state index is 12.6. The maximum atomic E-state index is 12.6. The quantitative estimate of drug-likeness (QED) is 0.902. The van der Waals surface area contributed by atoms with Crippen LogP contribution in [0.15, 0.2) is 23.2 Å². The number of aromatic nitrogens is 2. The van der Waals surface area contributed by atoms with Crippen LogP contribution in [0, 0.1) is 5.92 Å². The third-order valence-electron chi connectivity index (χ3n) is 5.16. The molecule has 1 N–H and O–H groups in total. The zero-order valence-electron chi connectivity index (χ0n) is 14.1. The molecular formula is C18H22N4O2S. The summed E-state index contributed by atoms with van der Waals surface area (Å²) in [5, 5.41) is 13.2. The minimum Gasteiger partial charge on any atom is -0.396 e. The first-order valence-corrected chi connectivity index (χ1v) is 9.70. The van der Waals surface area contributed by atoms with Gasteiger partial charge in [0.1, 0.15) is 12.1 Å². The van der Waals surface area contributed by atoms with Gasteiger partial charge in [-0.2, -0.15) is 11.3 Å². The van der Waals surface area contributed by atoms with Gasteiger partial charge < -0.3 is 14.9 Å². The number of aliphatic hydroxyl groups is 1. The van der Waals surface area contributed by atoms with Gasteiger partial charge in [-0.25, -0.2) is 9.97 Å². The molecule has 2 aromatic rings. The van der Waals surface area contributed by atoms with Gasteiger partial charge in [0.2, 0.25) is 0 Å². The second-order valence-corrected chi connectivity index (χ2v) is 7.49. The number of hydrogen-bond acceptors (Lipinski definition) is 6. The predicted octanol–water partition coefficient (Wildman–Crippen LogP) is 1.60. The summed E-state index contributed by atoms with van der Waals surface area (Å²) in [5.74, 6) is 1.42. The summed E-state index contributed by atoms with van der Waals surface area (Å²) in [4.78, 5) is 25.9. The van der Waals surface area contributed by atoms with Gasteiger partial charge in [-0.05, 0) is 24.3 Å².